The van der Waals surface area contributed by atoms with Gasteiger partial charge >= 0.3 is 0 Å². The summed E-state index contributed by atoms with van der Waals surface area (Å²) in [4.78, 5) is 16.8. The third kappa shape index (κ3) is 3.10. The molecule has 5 nitrogen and oxygen atoms in total. The Bertz CT molecular complexity index is 897. The molecule has 0 fully saturated rings. The Morgan fingerprint density at radius 3 is 2.74 bits per heavy atom. The van der Waals surface area contributed by atoms with Crippen LogP contribution in [0.5, 0.6) is 0 Å². The number of hydrogen-bond donors (Lipinski definition) is 1. The van der Waals surface area contributed by atoms with Gasteiger partial charge in [0.05, 0.1) is 11.9 Å². The molecule has 2 heterocycles. The van der Waals surface area contributed by atoms with Crippen molar-refractivity contribution in [2.24, 2.45) is 5.10 Å². The van der Waals surface area contributed by atoms with E-state index in [4.69, 9.17) is 11.6 Å². The lowest BCUT2D eigenvalue weighted by Crippen LogP contribution is -2.20. The molecule has 0 aliphatic rings. The van der Waals surface area contributed by atoms with Gasteiger partial charge in [-0.1, -0.05) is 29.8 Å². The zero-order chi connectivity index (χ0) is 16.4. The second-order valence-corrected chi connectivity index (χ2v) is 5.62. The van der Waals surface area contributed by atoms with Crippen molar-refractivity contribution in [3.05, 3.63) is 70.1 Å². The molecule has 0 atom stereocenters. The molecule has 1 amide bonds. The van der Waals surface area contributed by atoms with E-state index in [1.807, 2.05) is 44.3 Å². The fourth-order valence-corrected chi connectivity index (χ4v) is 2.48. The lowest BCUT2D eigenvalue weighted by atomic mass is 10.2. The summed E-state index contributed by atoms with van der Waals surface area (Å²) in [6, 6.07) is 11.0. The molecule has 0 saturated heterocycles. The van der Waals surface area contributed by atoms with Crippen molar-refractivity contribution in [3.63, 3.8) is 0 Å². The number of benzene rings is 1. The highest BCUT2D eigenvalue weighted by Gasteiger charge is 2.16. The van der Waals surface area contributed by atoms with Crippen LogP contribution in [0, 0.1) is 13.8 Å². The van der Waals surface area contributed by atoms with Gasteiger partial charge in [0, 0.05) is 11.2 Å². The molecule has 0 spiro atoms. The van der Waals surface area contributed by atoms with Crippen molar-refractivity contribution in [2.75, 3.05) is 0 Å². The maximum Gasteiger partial charge on any atom is 0.290 e. The van der Waals surface area contributed by atoms with Crippen LogP contribution in [-0.2, 0) is 0 Å². The predicted molar refractivity (Wildman–Crippen MR) is 91.2 cm³/mol. The van der Waals surface area contributed by atoms with E-state index in [0.29, 0.717) is 16.4 Å². The smallest absolute Gasteiger partial charge is 0.290 e. The molecule has 0 unspecified atom stereocenters. The highest BCUT2D eigenvalue weighted by atomic mass is 35.5. The number of amides is 1. The van der Waals surface area contributed by atoms with Crippen LogP contribution in [-0.4, -0.2) is 21.5 Å². The van der Waals surface area contributed by atoms with Gasteiger partial charge in [-0.05, 0) is 43.2 Å². The number of aryl methyl sites for hydroxylation is 2. The minimum absolute atomic E-state index is 0.300. The molecule has 0 radical (unpaired) electrons. The number of aromatic nitrogens is 2. The standard InChI is InChI=1S/C17H15ClN4O/c1-11-4-3-9-22-15(12(2)20-16(11)22)17(23)21-19-10-13-5-7-14(18)8-6-13/h3-10H,1-2H3,(H,21,23)/b19-10+. The molecular formula is C17H15ClN4O. The number of rotatable bonds is 3. The zero-order valence-electron chi connectivity index (χ0n) is 12.7. The summed E-state index contributed by atoms with van der Waals surface area (Å²) >= 11 is 5.83. The number of carbonyl (C=O) groups excluding carboxylic acids is 1. The topological polar surface area (TPSA) is 58.8 Å². The van der Waals surface area contributed by atoms with Gasteiger partial charge in [0.25, 0.3) is 5.91 Å². The second-order valence-electron chi connectivity index (χ2n) is 5.18. The Hall–Kier alpha value is -2.66. The lowest BCUT2D eigenvalue weighted by molar-refractivity contribution is 0.0948. The maximum atomic E-state index is 12.4. The monoisotopic (exact) mass is 326 g/mol. The number of fused-ring (bicyclic) bond motifs is 1. The summed E-state index contributed by atoms with van der Waals surface area (Å²) < 4.78 is 1.78. The number of hydrazone groups is 1. The van der Waals surface area contributed by atoms with Crippen LogP contribution in [0.25, 0.3) is 5.65 Å². The zero-order valence-corrected chi connectivity index (χ0v) is 13.5. The van der Waals surface area contributed by atoms with Crippen LogP contribution in [0.1, 0.15) is 27.3 Å². The van der Waals surface area contributed by atoms with Gasteiger partial charge in [-0.15, -0.1) is 0 Å². The number of hydrogen-bond acceptors (Lipinski definition) is 3. The van der Waals surface area contributed by atoms with Gasteiger partial charge < -0.3 is 0 Å². The van der Waals surface area contributed by atoms with Crippen molar-refractivity contribution in [2.45, 2.75) is 13.8 Å². The van der Waals surface area contributed by atoms with E-state index in [0.717, 1.165) is 16.8 Å². The largest absolute Gasteiger partial charge is 0.295 e. The molecule has 0 aliphatic heterocycles. The quantitative estimate of drug-likeness (QED) is 0.592. The van der Waals surface area contributed by atoms with Crippen molar-refractivity contribution < 1.29 is 4.79 Å². The van der Waals surface area contributed by atoms with Gasteiger partial charge in [-0.25, -0.2) is 10.4 Å². The number of imidazole rings is 1. The van der Waals surface area contributed by atoms with Crippen LogP contribution < -0.4 is 5.43 Å². The number of carbonyl (C=O) groups is 1. The van der Waals surface area contributed by atoms with Crippen LogP contribution >= 0.6 is 11.6 Å². The first-order valence-electron chi connectivity index (χ1n) is 7.09. The van der Waals surface area contributed by atoms with Crippen LogP contribution in [0.3, 0.4) is 0 Å². The molecule has 0 bridgehead atoms. The maximum absolute atomic E-state index is 12.4. The molecule has 0 saturated carbocycles. The number of nitrogens with zero attached hydrogens (tertiary/aromatic N) is 3. The lowest BCUT2D eigenvalue weighted by Gasteiger charge is -2.02. The summed E-state index contributed by atoms with van der Waals surface area (Å²) in [5.74, 6) is -0.300. The van der Waals surface area contributed by atoms with Gasteiger partial charge in [-0.2, -0.15) is 5.10 Å². The van der Waals surface area contributed by atoms with Gasteiger partial charge in [0.15, 0.2) is 0 Å². The second kappa shape index (κ2) is 6.22. The molecule has 3 aromatic rings. The summed E-state index contributed by atoms with van der Waals surface area (Å²) in [5, 5.41) is 4.64. The Morgan fingerprint density at radius 2 is 2.00 bits per heavy atom. The highest BCUT2D eigenvalue weighted by Crippen LogP contribution is 2.15. The summed E-state index contributed by atoms with van der Waals surface area (Å²) in [5.41, 5.74) is 6.32. The van der Waals surface area contributed by atoms with Gasteiger partial charge in [0.1, 0.15) is 11.3 Å². The average Bonchev–Trinajstić information content (AvgIpc) is 2.87. The molecule has 1 aromatic carbocycles. The van der Waals surface area contributed by atoms with Crippen molar-refractivity contribution in [1.82, 2.24) is 14.8 Å². The molecule has 0 aliphatic carbocycles. The molecule has 116 valence electrons. The highest BCUT2D eigenvalue weighted by molar-refractivity contribution is 6.30. The number of nitrogens with one attached hydrogen (secondary N) is 1. The fraction of sp³-hybridized carbons (Fsp3) is 0.118. The summed E-state index contributed by atoms with van der Waals surface area (Å²) in [6.45, 7) is 3.77. The normalized spacial score (nSPS) is 11.3. The Kier molecular flexibility index (Phi) is 4.12. The van der Waals surface area contributed by atoms with Crippen LogP contribution in [0.15, 0.2) is 47.7 Å². The van der Waals surface area contributed by atoms with E-state index in [1.54, 1.807) is 22.7 Å². The Balaban J connectivity index is 1.82. The van der Waals surface area contributed by atoms with Crippen molar-refractivity contribution >= 4 is 29.4 Å². The fourth-order valence-electron chi connectivity index (χ4n) is 2.36. The minimum Gasteiger partial charge on any atom is -0.295 e. The van der Waals surface area contributed by atoms with Crippen molar-refractivity contribution in [3.8, 4) is 0 Å². The van der Waals surface area contributed by atoms with E-state index in [9.17, 15) is 4.79 Å². The Labute approximate surface area is 138 Å². The Morgan fingerprint density at radius 1 is 1.26 bits per heavy atom. The van der Waals surface area contributed by atoms with Crippen molar-refractivity contribution in [1.29, 1.82) is 0 Å². The first-order chi connectivity index (χ1) is 11.1. The molecule has 1 N–H and O–H groups in total. The van der Waals surface area contributed by atoms with Crippen LogP contribution in [0.2, 0.25) is 5.02 Å². The first kappa shape index (κ1) is 15.2. The third-order valence-corrected chi connectivity index (χ3v) is 3.74. The average molecular weight is 327 g/mol. The van der Waals surface area contributed by atoms with Gasteiger partial charge in [0.2, 0.25) is 0 Å². The summed E-state index contributed by atoms with van der Waals surface area (Å²) in [6.07, 6.45) is 3.39. The molecule has 2 aromatic heterocycles. The third-order valence-electron chi connectivity index (χ3n) is 3.48. The van der Waals surface area contributed by atoms with Gasteiger partial charge in [-0.3, -0.25) is 9.20 Å². The predicted octanol–water partition coefficient (Wildman–Crippen LogP) is 3.37. The van der Waals surface area contributed by atoms with E-state index in [2.05, 4.69) is 15.5 Å². The molecule has 23 heavy (non-hydrogen) atoms. The number of halogens is 1. The minimum atomic E-state index is -0.300. The van der Waals surface area contributed by atoms with E-state index < -0.39 is 0 Å². The summed E-state index contributed by atoms with van der Waals surface area (Å²) in [7, 11) is 0. The SMILES string of the molecule is Cc1nc2c(C)cccn2c1C(=O)N/N=C/c1ccc(Cl)cc1. The van der Waals surface area contributed by atoms with Crippen LogP contribution in [0.4, 0.5) is 0 Å². The molecule has 3 rings (SSSR count). The molecular weight excluding hydrogens is 312 g/mol. The first-order valence-corrected chi connectivity index (χ1v) is 7.47. The van der Waals surface area contributed by atoms with E-state index in [-0.39, 0.29) is 5.91 Å². The molecule has 6 heteroatoms. The van der Waals surface area contributed by atoms with E-state index in [1.165, 1.54) is 0 Å². The number of pyridine rings is 1. The van der Waals surface area contributed by atoms with E-state index >= 15 is 0 Å².